The molecule has 0 bridgehead atoms. The topological polar surface area (TPSA) is 23.5 Å². The molecule has 21 heavy (non-hydrogen) atoms. The van der Waals surface area contributed by atoms with Crippen LogP contribution in [0.25, 0.3) is 0 Å². The fourth-order valence-corrected chi connectivity index (χ4v) is 4.17. The highest BCUT2D eigenvalue weighted by atomic mass is 16.3. The summed E-state index contributed by atoms with van der Waals surface area (Å²) in [6.45, 7) is 7.17. The Kier molecular flexibility index (Phi) is 7.53. The van der Waals surface area contributed by atoms with Crippen molar-refractivity contribution in [3.8, 4) is 0 Å². The molecule has 2 rings (SSSR count). The normalized spacial score (nSPS) is 38.4. The van der Waals surface area contributed by atoms with E-state index in [1.807, 2.05) is 0 Å². The molecule has 1 saturated carbocycles. The van der Waals surface area contributed by atoms with E-state index >= 15 is 0 Å². The van der Waals surface area contributed by atoms with Crippen molar-refractivity contribution in [3.63, 3.8) is 0 Å². The van der Waals surface area contributed by atoms with Crippen LogP contribution in [0.4, 0.5) is 0 Å². The highest BCUT2D eigenvalue weighted by molar-refractivity contribution is 4.85. The summed E-state index contributed by atoms with van der Waals surface area (Å²) in [5.41, 5.74) is 0. The largest absolute Gasteiger partial charge is 0.391 e. The van der Waals surface area contributed by atoms with E-state index in [1.165, 1.54) is 77.3 Å². The summed E-state index contributed by atoms with van der Waals surface area (Å²) in [6, 6.07) is 0.430. The van der Waals surface area contributed by atoms with Gasteiger partial charge in [-0.1, -0.05) is 65.2 Å². The molecule has 1 N–H and O–H groups in total. The van der Waals surface area contributed by atoms with Crippen molar-refractivity contribution in [3.05, 3.63) is 0 Å². The quantitative estimate of drug-likeness (QED) is 0.763. The van der Waals surface area contributed by atoms with Gasteiger partial charge in [0.2, 0.25) is 0 Å². The molecular weight excluding hydrogens is 258 g/mol. The summed E-state index contributed by atoms with van der Waals surface area (Å²) in [7, 11) is 0. The molecule has 0 radical (unpaired) electrons. The zero-order valence-electron chi connectivity index (χ0n) is 14.4. The fourth-order valence-electron chi connectivity index (χ4n) is 4.17. The summed E-state index contributed by atoms with van der Waals surface area (Å²) in [5.74, 6) is 1.64. The first-order valence-corrected chi connectivity index (χ1v) is 9.60. The van der Waals surface area contributed by atoms with Crippen molar-refractivity contribution in [2.24, 2.45) is 11.8 Å². The highest BCUT2D eigenvalue weighted by Crippen LogP contribution is 2.28. The molecule has 4 unspecified atom stereocenters. The van der Waals surface area contributed by atoms with Crippen LogP contribution in [0, 0.1) is 11.8 Å². The second-order valence-electron chi connectivity index (χ2n) is 7.78. The number of nitrogens with zero attached hydrogens (tertiary/aromatic N) is 1. The number of hydrogen-bond acceptors (Lipinski definition) is 2. The van der Waals surface area contributed by atoms with E-state index in [2.05, 4.69) is 18.7 Å². The van der Waals surface area contributed by atoms with E-state index in [0.717, 1.165) is 18.3 Å². The number of aliphatic hydroxyl groups excluding tert-OH is 1. The molecule has 1 saturated heterocycles. The molecule has 2 heteroatoms. The molecule has 2 nitrogen and oxygen atoms in total. The van der Waals surface area contributed by atoms with Gasteiger partial charge in [-0.05, 0) is 37.6 Å². The van der Waals surface area contributed by atoms with E-state index in [-0.39, 0.29) is 6.10 Å². The third kappa shape index (κ3) is 5.56. The van der Waals surface area contributed by atoms with E-state index in [4.69, 9.17) is 0 Å². The molecule has 1 aliphatic heterocycles. The Bertz CT molecular complexity index is 281. The molecule has 1 heterocycles. The predicted molar refractivity (Wildman–Crippen MR) is 90.5 cm³/mol. The van der Waals surface area contributed by atoms with Gasteiger partial charge in [-0.2, -0.15) is 0 Å². The third-order valence-corrected chi connectivity index (χ3v) is 6.03. The zero-order valence-corrected chi connectivity index (χ0v) is 14.4. The molecule has 124 valence electrons. The molecule has 0 aromatic rings. The molecule has 1 aliphatic carbocycles. The van der Waals surface area contributed by atoms with Crippen molar-refractivity contribution >= 4 is 0 Å². The summed E-state index contributed by atoms with van der Waals surface area (Å²) < 4.78 is 0. The lowest BCUT2D eigenvalue weighted by Crippen LogP contribution is -2.49. The molecular formula is C19H37NO. The van der Waals surface area contributed by atoms with Crippen molar-refractivity contribution in [2.45, 2.75) is 96.6 Å². The van der Waals surface area contributed by atoms with E-state index in [0.29, 0.717) is 6.04 Å². The third-order valence-electron chi connectivity index (χ3n) is 6.03. The SMILES string of the molecule is CC1CCN(C2CCCCCCCCCCC2O)CC1C. The van der Waals surface area contributed by atoms with Gasteiger partial charge in [0, 0.05) is 12.6 Å². The Hall–Kier alpha value is -0.0800. The second-order valence-corrected chi connectivity index (χ2v) is 7.78. The average molecular weight is 296 g/mol. The van der Waals surface area contributed by atoms with Gasteiger partial charge in [0.25, 0.3) is 0 Å². The van der Waals surface area contributed by atoms with Gasteiger partial charge in [-0.15, -0.1) is 0 Å². The monoisotopic (exact) mass is 295 g/mol. The number of aliphatic hydroxyl groups is 1. The van der Waals surface area contributed by atoms with Gasteiger partial charge in [-0.25, -0.2) is 0 Å². The van der Waals surface area contributed by atoms with E-state index < -0.39 is 0 Å². The predicted octanol–water partition coefficient (Wildman–Crippen LogP) is 4.61. The van der Waals surface area contributed by atoms with E-state index in [1.54, 1.807) is 0 Å². The van der Waals surface area contributed by atoms with Crippen LogP contribution in [0.1, 0.15) is 84.5 Å². The van der Waals surface area contributed by atoms with Gasteiger partial charge in [0.15, 0.2) is 0 Å². The number of likely N-dealkylation sites (tertiary alicyclic amines) is 1. The van der Waals surface area contributed by atoms with Crippen molar-refractivity contribution in [1.82, 2.24) is 4.90 Å². The minimum absolute atomic E-state index is 0.0926. The van der Waals surface area contributed by atoms with Gasteiger partial charge in [0.05, 0.1) is 6.10 Å². The first-order valence-electron chi connectivity index (χ1n) is 9.60. The number of hydrogen-bond donors (Lipinski definition) is 1. The van der Waals surface area contributed by atoms with Gasteiger partial charge < -0.3 is 5.11 Å². The van der Waals surface area contributed by atoms with Crippen molar-refractivity contribution < 1.29 is 5.11 Å². The molecule has 0 aromatic carbocycles. The first-order chi connectivity index (χ1) is 10.2. The number of rotatable bonds is 1. The maximum Gasteiger partial charge on any atom is 0.0695 e. The standard InChI is InChI=1S/C19H37NO/c1-16-13-14-20(15-17(16)2)18-11-9-7-5-3-4-6-8-10-12-19(18)21/h16-19,21H,3-15H2,1-2H3. The van der Waals surface area contributed by atoms with Crippen LogP contribution in [0.15, 0.2) is 0 Å². The first kappa shape index (κ1) is 17.3. The Balaban J connectivity index is 1.91. The Morgan fingerprint density at radius 1 is 0.714 bits per heavy atom. The minimum atomic E-state index is -0.0926. The lowest BCUT2D eigenvalue weighted by Gasteiger charge is -2.42. The molecule has 4 atom stereocenters. The molecule has 0 aromatic heterocycles. The van der Waals surface area contributed by atoms with Crippen LogP contribution in [0.2, 0.25) is 0 Å². The molecule has 2 fully saturated rings. The van der Waals surface area contributed by atoms with Gasteiger partial charge >= 0.3 is 0 Å². The summed E-state index contributed by atoms with van der Waals surface area (Å²) in [5, 5.41) is 10.7. The highest BCUT2D eigenvalue weighted by Gasteiger charge is 2.31. The zero-order chi connectivity index (χ0) is 15.1. The van der Waals surface area contributed by atoms with Crippen molar-refractivity contribution in [1.29, 1.82) is 0 Å². The summed E-state index contributed by atoms with van der Waals surface area (Å²) >= 11 is 0. The smallest absolute Gasteiger partial charge is 0.0695 e. The lowest BCUT2D eigenvalue weighted by molar-refractivity contribution is 0.00453. The minimum Gasteiger partial charge on any atom is -0.391 e. The van der Waals surface area contributed by atoms with Crippen molar-refractivity contribution in [2.75, 3.05) is 13.1 Å². The van der Waals surface area contributed by atoms with Crippen LogP contribution >= 0.6 is 0 Å². The van der Waals surface area contributed by atoms with Crippen LogP contribution in [0.5, 0.6) is 0 Å². The summed E-state index contributed by atoms with van der Waals surface area (Å²) in [4.78, 5) is 2.63. The van der Waals surface area contributed by atoms with Gasteiger partial charge in [0.1, 0.15) is 0 Å². The molecule has 0 spiro atoms. The summed E-state index contributed by atoms with van der Waals surface area (Å²) in [6.07, 6.45) is 14.3. The maximum absolute atomic E-state index is 10.7. The second kappa shape index (κ2) is 9.15. The Labute approximate surface area is 132 Å². The number of piperidine rings is 1. The molecule has 2 aliphatic rings. The lowest BCUT2D eigenvalue weighted by atomic mass is 9.86. The molecule has 0 amide bonds. The van der Waals surface area contributed by atoms with Crippen LogP contribution < -0.4 is 0 Å². The Morgan fingerprint density at radius 3 is 1.90 bits per heavy atom. The van der Waals surface area contributed by atoms with Crippen LogP contribution in [-0.4, -0.2) is 35.2 Å². The Morgan fingerprint density at radius 2 is 1.29 bits per heavy atom. The van der Waals surface area contributed by atoms with E-state index in [9.17, 15) is 5.11 Å². The fraction of sp³-hybridized carbons (Fsp3) is 1.00. The van der Waals surface area contributed by atoms with Crippen LogP contribution in [0.3, 0.4) is 0 Å². The average Bonchev–Trinajstić information content (AvgIpc) is 2.46. The van der Waals surface area contributed by atoms with Gasteiger partial charge in [-0.3, -0.25) is 4.90 Å². The van der Waals surface area contributed by atoms with Crippen LogP contribution in [-0.2, 0) is 0 Å². The maximum atomic E-state index is 10.7.